The second-order valence-corrected chi connectivity index (χ2v) is 9.08. The van der Waals surface area contributed by atoms with Crippen molar-refractivity contribution >= 4 is 17.8 Å². The lowest BCUT2D eigenvalue weighted by Gasteiger charge is -2.29. The minimum absolute atomic E-state index is 0.0459. The highest BCUT2D eigenvalue weighted by molar-refractivity contribution is 5.98. The third kappa shape index (κ3) is 7.78. The van der Waals surface area contributed by atoms with Gasteiger partial charge in [-0.3, -0.25) is 14.4 Å². The molecule has 0 aliphatic heterocycles. The zero-order valence-corrected chi connectivity index (χ0v) is 19.8. The standard InChI is InChI=1S/C28H29FN2O4/c1-28(2,18-19-7-4-3-5-8-19)31-27(35)24(15-16-25(32)33)30-26(34)21-13-11-20(12-14-21)22-9-6-10-23(29)17-22/h3-14,17,24H,15-16,18H2,1-2H3,(H,30,34)(H,31,35)(H,32,33)/t24-/m0/s1. The van der Waals surface area contributed by atoms with Gasteiger partial charge in [0.15, 0.2) is 0 Å². The van der Waals surface area contributed by atoms with Gasteiger partial charge in [0, 0.05) is 17.5 Å². The number of hydrogen-bond acceptors (Lipinski definition) is 3. The van der Waals surface area contributed by atoms with Crippen LogP contribution in [0.1, 0.15) is 42.6 Å². The first-order valence-electron chi connectivity index (χ1n) is 11.4. The minimum atomic E-state index is -1.06. The van der Waals surface area contributed by atoms with E-state index in [1.54, 1.807) is 36.4 Å². The van der Waals surface area contributed by atoms with Crippen LogP contribution in [0, 0.1) is 5.82 Å². The fourth-order valence-electron chi connectivity index (χ4n) is 3.83. The Balaban J connectivity index is 1.70. The third-order valence-electron chi connectivity index (χ3n) is 5.52. The molecule has 7 heteroatoms. The first-order valence-corrected chi connectivity index (χ1v) is 11.4. The van der Waals surface area contributed by atoms with Gasteiger partial charge in [-0.1, -0.05) is 54.6 Å². The number of carbonyl (C=O) groups excluding carboxylic acids is 2. The predicted molar refractivity (Wildman–Crippen MR) is 132 cm³/mol. The fraction of sp³-hybridized carbons (Fsp3) is 0.250. The fourth-order valence-corrected chi connectivity index (χ4v) is 3.83. The molecule has 0 bridgehead atoms. The van der Waals surface area contributed by atoms with E-state index in [0.717, 1.165) is 11.1 Å². The minimum Gasteiger partial charge on any atom is -0.481 e. The maximum absolute atomic E-state index is 13.5. The second-order valence-electron chi connectivity index (χ2n) is 9.08. The van der Waals surface area contributed by atoms with Crippen molar-refractivity contribution < 1.29 is 23.9 Å². The average Bonchev–Trinajstić information content (AvgIpc) is 2.81. The summed E-state index contributed by atoms with van der Waals surface area (Å²) < 4.78 is 13.5. The van der Waals surface area contributed by atoms with Crippen LogP contribution in [-0.4, -0.2) is 34.5 Å². The summed E-state index contributed by atoms with van der Waals surface area (Å²) in [5, 5.41) is 14.7. The summed E-state index contributed by atoms with van der Waals surface area (Å²) >= 11 is 0. The molecule has 3 rings (SSSR count). The van der Waals surface area contributed by atoms with Crippen LogP contribution in [-0.2, 0) is 16.0 Å². The first-order chi connectivity index (χ1) is 16.6. The van der Waals surface area contributed by atoms with Crippen molar-refractivity contribution in [3.63, 3.8) is 0 Å². The molecule has 0 aliphatic rings. The summed E-state index contributed by atoms with van der Waals surface area (Å²) in [6.45, 7) is 3.75. The van der Waals surface area contributed by atoms with E-state index in [1.807, 2.05) is 44.2 Å². The summed E-state index contributed by atoms with van der Waals surface area (Å²) in [7, 11) is 0. The highest BCUT2D eigenvalue weighted by Gasteiger charge is 2.28. The van der Waals surface area contributed by atoms with Gasteiger partial charge in [0.25, 0.3) is 5.91 Å². The molecule has 0 aromatic heterocycles. The van der Waals surface area contributed by atoms with Crippen LogP contribution in [0.3, 0.4) is 0 Å². The quantitative estimate of drug-likeness (QED) is 0.399. The van der Waals surface area contributed by atoms with Gasteiger partial charge in [0.05, 0.1) is 0 Å². The normalized spacial score (nSPS) is 12.0. The third-order valence-corrected chi connectivity index (χ3v) is 5.52. The van der Waals surface area contributed by atoms with Gasteiger partial charge in [0.2, 0.25) is 5.91 Å². The van der Waals surface area contributed by atoms with E-state index in [4.69, 9.17) is 5.11 Å². The van der Waals surface area contributed by atoms with Gasteiger partial charge in [-0.2, -0.15) is 0 Å². The van der Waals surface area contributed by atoms with Gasteiger partial charge in [-0.05, 0) is 67.6 Å². The molecule has 0 spiro atoms. The molecule has 0 aliphatic carbocycles. The van der Waals surface area contributed by atoms with Crippen molar-refractivity contribution in [2.75, 3.05) is 0 Å². The summed E-state index contributed by atoms with van der Waals surface area (Å²) in [6.07, 6.45) is 0.256. The molecule has 3 N–H and O–H groups in total. The number of nitrogens with one attached hydrogen (secondary N) is 2. The van der Waals surface area contributed by atoms with E-state index in [0.29, 0.717) is 17.5 Å². The van der Waals surface area contributed by atoms with Crippen LogP contribution in [0.15, 0.2) is 78.9 Å². The molecule has 1 atom stereocenters. The van der Waals surface area contributed by atoms with E-state index < -0.39 is 29.4 Å². The summed E-state index contributed by atoms with van der Waals surface area (Å²) in [4.78, 5) is 37.0. The Morgan fingerprint density at radius 2 is 1.60 bits per heavy atom. The topological polar surface area (TPSA) is 95.5 Å². The highest BCUT2D eigenvalue weighted by atomic mass is 19.1. The van der Waals surface area contributed by atoms with Crippen LogP contribution in [0.25, 0.3) is 11.1 Å². The number of benzene rings is 3. The summed E-state index contributed by atoms with van der Waals surface area (Å²) in [5.74, 6) is -2.36. The molecule has 35 heavy (non-hydrogen) atoms. The van der Waals surface area contributed by atoms with E-state index in [9.17, 15) is 18.8 Å². The number of carboxylic acids is 1. The van der Waals surface area contributed by atoms with Crippen molar-refractivity contribution in [3.8, 4) is 11.1 Å². The van der Waals surface area contributed by atoms with Crippen molar-refractivity contribution in [2.45, 2.75) is 44.7 Å². The predicted octanol–water partition coefficient (Wildman–Crippen LogP) is 4.59. The van der Waals surface area contributed by atoms with Crippen molar-refractivity contribution in [2.24, 2.45) is 0 Å². The molecule has 2 amide bonds. The lowest BCUT2D eigenvalue weighted by atomic mass is 9.94. The Morgan fingerprint density at radius 3 is 2.23 bits per heavy atom. The number of rotatable bonds is 10. The van der Waals surface area contributed by atoms with E-state index in [1.165, 1.54) is 12.1 Å². The van der Waals surface area contributed by atoms with Crippen LogP contribution < -0.4 is 10.6 Å². The van der Waals surface area contributed by atoms with Gasteiger partial charge in [0.1, 0.15) is 11.9 Å². The second kappa shape index (κ2) is 11.4. The van der Waals surface area contributed by atoms with Crippen molar-refractivity contribution in [1.82, 2.24) is 10.6 Å². The van der Waals surface area contributed by atoms with Gasteiger partial charge in [-0.15, -0.1) is 0 Å². The van der Waals surface area contributed by atoms with Crippen molar-refractivity contribution in [1.29, 1.82) is 0 Å². The van der Waals surface area contributed by atoms with E-state index in [2.05, 4.69) is 10.6 Å². The van der Waals surface area contributed by atoms with E-state index >= 15 is 0 Å². The molecule has 6 nitrogen and oxygen atoms in total. The van der Waals surface area contributed by atoms with Gasteiger partial charge < -0.3 is 15.7 Å². The maximum Gasteiger partial charge on any atom is 0.303 e. The molecule has 0 saturated heterocycles. The van der Waals surface area contributed by atoms with Gasteiger partial charge >= 0.3 is 5.97 Å². The Hall–Kier alpha value is -4.00. The monoisotopic (exact) mass is 476 g/mol. The Labute approximate surface area is 204 Å². The maximum atomic E-state index is 13.5. The molecule has 0 radical (unpaired) electrons. The number of carbonyl (C=O) groups is 3. The molecule has 0 saturated carbocycles. The van der Waals surface area contributed by atoms with Crippen LogP contribution >= 0.6 is 0 Å². The Bertz CT molecular complexity index is 1180. The zero-order chi connectivity index (χ0) is 25.4. The highest BCUT2D eigenvalue weighted by Crippen LogP contribution is 2.21. The number of halogens is 1. The Morgan fingerprint density at radius 1 is 0.914 bits per heavy atom. The molecule has 3 aromatic carbocycles. The lowest BCUT2D eigenvalue weighted by molar-refractivity contribution is -0.137. The van der Waals surface area contributed by atoms with Crippen LogP contribution in [0.2, 0.25) is 0 Å². The lowest BCUT2D eigenvalue weighted by Crippen LogP contribution is -2.54. The van der Waals surface area contributed by atoms with E-state index in [-0.39, 0.29) is 18.7 Å². The Kier molecular flexibility index (Phi) is 8.36. The number of amides is 2. The van der Waals surface area contributed by atoms with Crippen LogP contribution in [0.5, 0.6) is 0 Å². The van der Waals surface area contributed by atoms with Gasteiger partial charge in [-0.25, -0.2) is 4.39 Å². The average molecular weight is 477 g/mol. The number of aliphatic carboxylic acids is 1. The number of carboxylic acid groups (broad SMARTS) is 1. The largest absolute Gasteiger partial charge is 0.481 e. The zero-order valence-electron chi connectivity index (χ0n) is 19.8. The molecular weight excluding hydrogens is 447 g/mol. The molecule has 182 valence electrons. The first kappa shape index (κ1) is 25.6. The van der Waals surface area contributed by atoms with Crippen molar-refractivity contribution in [3.05, 3.63) is 95.8 Å². The van der Waals surface area contributed by atoms with Crippen LogP contribution in [0.4, 0.5) is 4.39 Å². The number of hydrogen-bond donors (Lipinski definition) is 3. The SMILES string of the molecule is CC(C)(Cc1ccccc1)NC(=O)[C@H](CCC(=O)O)NC(=O)c1ccc(-c2cccc(F)c2)cc1. The summed E-state index contributed by atoms with van der Waals surface area (Å²) in [6, 6.07) is 21.3. The summed E-state index contributed by atoms with van der Waals surface area (Å²) in [5.41, 5.74) is 2.15. The smallest absolute Gasteiger partial charge is 0.303 e. The molecule has 0 unspecified atom stereocenters. The molecule has 0 fully saturated rings. The molecular formula is C28H29FN2O4. The molecule has 0 heterocycles. The molecule has 3 aromatic rings.